The van der Waals surface area contributed by atoms with E-state index in [0.29, 0.717) is 6.42 Å². The molecule has 0 fully saturated rings. The molecule has 0 spiro atoms. The van der Waals surface area contributed by atoms with Crippen molar-refractivity contribution in [2.45, 2.75) is 91.9 Å². The SMILES string of the molecule is CCCCCCCCCCCCOS(=O)(=O)[O-].CCO.CCO.CCO.N. The van der Waals surface area contributed by atoms with Crippen LogP contribution >= 0.6 is 0 Å². The van der Waals surface area contributed by atoms with Crippen LogP contribution in [-0.4, -0.2) is 54.7 Å². The van der Waals surface area contributed by atoms with Crippen molar-refractivity contribution in [3.63, 3.8) is 0 Å². The van der Waals surface area contributed by atoms with E-state index in [1.165, 1.54) is 44.9 Å². The molecular weight excluding hydrogens is 374 g/mol. The molecule has 0 amide bonds. The fourth-order valence-corrected chi connectivity index (χ4v) is 2.07. The third-order valence-corrected chi connectivity index (χ3v) is 3.18. The first-order valence-electron chi connectivity index (χ1n) is 9.73. The van der Waals surface area contributed by atoms with Gasteiger partial charge in [0.05, 0.1) is 6.61 Å². The molecule has 6 N–H and O–H groups in total. The summed E-state index contributed by atoms with van der Waals surface area (Å²) in [5.74, 6) is 0. The molecular formula is C18H46NO7S-. The number of hydrogen-bond acceptors (Lipinski definition) is 8. The van der Waals surface area contributed by atoms with Crippen molar-refractivity contribution < 1.29 is 32.5 Å². The van der Waals surface area contributed by atoms with Crippen LogP contribution in [0.3, 0.4) is 0 Å². The molecule has 0 aromatic carbocycles. The first-order chi connectivity index (χ1) is 12.3. The minimum Gasteiger partial charge on any atom is -0.726 e. The number of hydrogen-bond donors (Lipinski definition) is 4. The average Bonchev–Trinajstić information content (AvgIpc) is 2.54. The highest BCUT2D eigenvalue weighted by atomic mass is 32.3. The molecule has 0 rings (SSSR count). The van der Waals surface area contributed by atoms with Crippen LogP contribution in [0.2, 0.25) is 0 Å². The average molecular weight is 421 g/mol. The normalized spacial score (nSPS) is 9.48. The molecule has 0 saturated carbocycles. The summed E-state index contributed by atoms with van der Waals surface area (Å²) in [6.45, 7) is 8.03. The Morgan fingerprint density at radius 2 is 0.926 bits per heavy atom. The molecule has 0 saturated heterocycles. The van der Waals surface area contributed by atoms with Gasteiger partial charge >= 0.3 is 0 Å². The predicted octanol–water partition coefficient (Wildman–Crippen LogP) is 3.54. The molecule has 0 aromatic heterocycles. The van der Waals surface area contributed by atoms with Crippen molar-refractivity contribution in [1.29, 1.82) is 0 Å². The van der Waals surface area contributed by atoms with E-state index >= 15 is 0 Å². The van der Waals surface area contributed by atoms with Crippen molar-refractivity contribution >= 4 is 10.4 Å². The molecule has 0 bridgehead atoms. The van der Waals surface area contributed by atoms with Crippen molar-refractivity contribution in [3.8, 4) is 0 Å². The molecule has 0 aliphatic carbocycles. The highest BCUT2D eigenvalue weighted by Gasteiger charge is 1.95. The first kappa shape index (κ1) is 37.5. The Morgan fingerprint density at radius 1 is 0.667 bits per heavy atom. The largest absolute Gasteiger partial charge is 0.726 e. The van der Waals surface area contributed by atoms with Crippen molar-refractivity contribution in [1.82, 2.24) is 6.15 Å². The standard InChI is InChI=1S/C12H26O4S.3C2H6O.H3N/c1-2-3-4-5-6-7-8-9-10-11-12-16-17(13,14)15;3*1-2-3;/h2-12H2,1H3,(H,13,14,15);3*3H,2H2,1H3;1H3/p-1. The molecule has 0 unspecified atom stereocenters. The van der Waals surface area contributed by atoms with E-state index in [0.717, 1.165) is 12.8 Å². The van der Waals surface area contributed by atoms with Gasteiger partial charge in [-0.2, -0.15) is 0 Å². The highest BCUT2D eigenvalue weighted by molar-refractivity contribution is 7.80. The van der Waals surface area contributed by atoms with E-state index in [1.54, 1.807) is 20.8 Å². The lowest BCUT2D eigenvalue weighted by atomic mass is 10.1. The Hall–Kier alpha value is -0.290. The van der Waals surface area contributed by atoms with Gasteiger partial charge in [0.1, 0.15) is 0 Å². The zero-order valence-corrected chi connectivity index (χ0v) is 18.8. The fraction of sp³-hybridized carbons (Fsp3) is 1.00. The Kier molecular flexibility index (Phi) is 50.8. The third-order valence-electron chi connectivity index (χ3n) is 2.73. The Balaban J connectivity index is -0.000000136. The zero-order chi connectivity index (χ0) is 21.1. The van der Waals surface area contributed by atoms with E-state index in [1.807, 2.05) is 0 Å². The van der Waals surface area contributed by atoms with Crippen molar-refractivity contribution in [2.24, 2.45) is 0 Å². The summed E-state index contributed by atoms with van der Waals surface area (Å²) in [5.41, 5.74) is 0. The Bertz CT molecular complexity index is 297. The summed E-state index contributed by atoms with van der Waals surface area (Å²) >= 11 is 0. The maximum atomic E-state index is 10.1. The lowest BCUT2D eigenvalue weighted by Crippen LogP contribution is -2.05. The molecule has 8 nitrogen and oxygen atoms in total. The molecule has 0 radical (unpaired) electrons. The monoisotopic (exact) mass is 420 g/mol. The van der Waals surface area contributed by atoms with Crippen molar-refractivity contribution in [2.75, 3.05) is 26.4 Å². The molecule has 172 valence electrons. The lowest BCUT2D eigenvalue weighted by Gasteiger charge is -2.06. The minimum absolute atomic E-state index is 0. The van der Waals surface area contributed by atoms with E-state index in [4.69, 9.17) is 15.3 Å². The molecule has 0 atom stereocenters. The second kappa shape index (κ2) is 36.6. The topological polar surface area (TPSA) is 162 Å². The number of unbranched alkanes of at least 4 members (excludes halogenated alkanes) is 9. The Labute approximate surface area is 167 Å². The molecule has 27 heavy (non-hydrogen) atoms. The summed E-state index contributed by atoms with van der Waals surface area (Å²) in [4.78, 5) is 0. The lowest BCUT2D eigenvalue weighted by molar-refractivity contribution is 0.255. The molecule has 0 aliphatic heterocycles. The number of aliphatic hydroxyl groups is 3. The van der Waals surface area contributed by atoms with E-state index in [9.17, 15) is 13.0 Å². The van der Waals surface area contributed by atoms with Gasteiger partial charge in [-0.15, -0.1) is 0 Å². The van der Waals surface area contributed by atoms with Crippen LogP contribution in [0.1, 0.15) is 91.9 Å². The second-order valence-electron chi connectivity index (χ2n) is 5.36. The minimum atomic E-state index is -4.48. The van der Waals surface area contributed by atoms with Crippen molar-refractivity contribution in [3.05, 3.63) is 0 Å². The highest BCUT2D eigenvalue weighted by Crippen LogP contribution is 2.10. The molecule has 0 aliphatic rings. The van der Waals surface area contributed by atoms with E-state index in [2.05, 4.69) is 11.1 Å². The van der Waals surface area contributed by atoms with Gasteiger partial charge in [0.2, 0.25) is 10.4 Å². The third kappa shape index (κ3) is 76.9. The number of rotatable bonds is 12. The smallest absolute Gasteiger partial charge is 0.217 e. The van der Waals surface area contributed by atoms with Gasteiger partial charge < -0.3 is 26.0 Å². The van der Waals surface area contributed by atoms with Crippen LogP contribution in [0.4, 0.5) is 0 Å². The quantitative estimate of drug-likeness (QED) is 0.211. The molecule has 9 heteroatoms. The van der Waals surface area contributed by atoms with Crippen LogP contribution < -0.4 is 6.15 Å². The van der Waals surface area contributed by atoms with Gasteiger partial charge in [0.25, 0.3) is 0 Å². The van der Waals surface area contributed by atoms with Gasteiger partial charge in [0, 0.05) is 19.8 Å². The van der Waals surface area contributed by atoms with Gasteiger partial charge in [-0.1, -0.05) is 64.7 Å². The maximum absolute atomic E-state index is 10.1. The Morgan fingerprint density at radius 3 is 1.19 bits per heavy atom. The molecule has 0 heterocycles. The van der Waals surface area contributed by atoms with Crippen LogP contribution in [-0.2, 0) is 14.6 Å². The second-order valence-corrected chi connectivity index (χ2v) is 6.41. The van der Waals surface area contributed by atoms with E-state index < -0.39 is 10.4 Å². The van der Waals surface area contributed by atoms with Gasteiger partial charge in [-0.05, 0) is 27.2 Å². The van der Waals surface area contributed by atoms with Crippen LogP contribution in [0.25, 0.3) is 0 Å². The summed E-state index contributed by atoms with van der Waals surface area (Å²) in [5, 5.41) is 22.7. The van der Waals surface area contributed by atoms with Crippen LogP contribution in [0, 0.1) is 0 Å². The fourth-order valence-electron chi connectivity index (χ4n) is 1.75. The van der Waals surface area contributed by atoms with Crippen LogP contribution in [0.5, 0.6) is 0 Å². The maximum Gasteiger partial charge on any atom is 0.217 e. The van der Waals surface area contributed by atoms with Gasteiger partial charge in [-0.3, -0.25) is 4.18 Å². The summed E-state index contributed by atoms with van der Waals surface area (Å²) in [7, 11) is -4.48. The van der Waals surface area contributed by atoms with Gasteiger partial charge in [-0.25, -0.2) is 8.42 Å². The zero-order valence-electron chi connectivity index (χ0n) is 18.0. The summed E-state index contributed by atoms with van der Waals surface area (Å²) < 4.78 is 34.5. The first-order valence-corrected chi connectivity index (χ1v) is 11.1. The number of aliphatic hydroxyl groups excluding tert-OH is 3. The van der Waals surface area contributed by atoms with Gasteiger partial charge in [0.15, 0.2) is 0 Å². The molecule has 0 aromatic rings. The summed E-state index contributed by atoms with van der Waals surface area (Å²) in [6.07, 6.45) is 11.7. The summed E-state index contributed by atoms with van der Waals surface area (Å²) in [6, 6.07) is 0. The van der Waals surface area contributed by atoms with E-state index in [-0.39, 0.29) is 32.6 Å². The predicted molar refractivity (Wildman–Crippen MR) is 111 cm³/mol. The van der Waals surface area contributed by atoms with Crippen LogP contribution in [0.15, 0.2) is 0 Å².